The first-order valence-electron chi connectivity index (χ1n) is 8.18. The summed E-state index contributed by atoms with van der Waals surface area (Å²) < 4.78 is 4.92. The van der Waals surface area contributed by atoms with Crippen molar-refractivity contribution in [1.82, 2.24) is 0 Å². The predicted octanol–water partition coefficient (Wildman–Crippen LogP) is 3.55. The highest BCUT2D eigenvalue weighted by molar-refractivity contribution is 8.00. The van der Waals surface area contributed by atoms with Crippen LogP contribution in [0.2, 0.25) is 0 Å². The number of nitrogens with one attached hydrogen (secondary N) is 2. The molecule has 26 heavy (non-hydrogen) atoms. The molecule has 0 aromatic heterocycles. The summed E-state index contributed by atoms with van der Waals surface area (Å²) in [6, 6.07) is 11.7. The number of hydrogen-bond acceptors (Lipinski definition) is 5. The highest BCUT2D eigenvalue weighted by Crippen LogP contribution is 2.36. The van der Waals surface area contributed by atoms with Gasteiger partial charge in [-0.25, -0.2) is 4.79 Å². The Balaban J connectivity index is 1.71. The molecule has 1 aliphatic rings. The lowest BCUT2D eigenvalue weighted by Gasteiger charge is -2.21. The third-order valence-electron chi connectivity index (χ3n) is 3.83. The Morgan fingerprint density at radius 1 is 1.15 bits per heavy atom. The van der Waals surface area contributed by atoms with Crippen LogP contribution in [0.4, 0.5) is 11.4 Å². The molecule has 0 bridgehead atoms. The van der Waals surface area contributed by atoms with Crippen molar-refractivity contribution in [3.63, 3.8) is 0 Å². The zero-order valence-electron chi connectivity index (χ0n) is 14.4. The zero-order valence-corrected chi connectivity index (χ0v) is 15.2. The molecule has 2 aromatic rings. The van der Waals surface area contributed by atoms with Gasteiger partial charge in [0, 0.05) is 16.1 Å². The molecule has 6 nitrogen and oxygen atoms in total. The summed E-state index contributed by atoms with van der Waals surface area (Å²) in [4.78, 5) is 36.8. The van der Waals surface area contributed by atoms with Crippen molar-refractivity contribution < 1.29 is 19.1 Å². The van der Waals surface area contributed by atoms with Crippen LogP contribution in [0.25, 0.3) is 0 Å². The number of esters is 1. The molecule has 0 spiro atoms. The number of carbonyl (C=O) groups excluding carboxylic acids is 3. The Bertz CT molecular complexity index is 864. The third-order valence-corrected chi connectivity index (χ3v) is 5.00. The van der Waals surface area contributed by atoms with Gasteiger partial charge in [-0.2, -0.15) is 0 Å². The normalized spacial score (nSPS) is 15.6. The van der Waals surface area contributed by atoms with Crippen molar-refractivity contribution in [2.75, 3.05) is 17.2 Å². The van der Waals surface area contributed by atoms with E-state index in [0.717, 1.165) is 4.90 Å². The molecule has 2 amide bonds. The number of amides is 2. The van der Waals surface area contributed by atoms with Crippen LogP contribution in [0.1, 0.15) is 34.6 Å². The number of ether oxygens (including phenoxy) is 1. The molecule has 134 valence electrons. The Kier molecular flexibility index (Phi) is 5.27. The minimum absolute atomic E-state index is 0.0744. The van der Waals surface area contributed by atoms with Crippen molar-refractivity contribution >= 4 is 40.9 Å². The van der Waals surface area contributed by atoms with E-state index >= 15 is 0 Å². The van der Waals surface area contributed by atoms with Crippen LogP contribution in [0.5, 0.6) is 0 Å². The SMILES string of the molecule is CCOC(=O)c1ccc(NC(=O)c2ccc3c(c2)NC(=O)C(C)S3)cc1. The second kappa shape index (κ2) is 7.61. The van der Waals surface area contributed by atoms with Crippen molar-refractivity contribution in [1.29, 1.82) is 0 Å². The topological polar surface area (TPSA) is 84.5 Å². The average molecular weight is 370 g/mol. The fraction of sp³-hybridized carbons (Fsp3) is 0.211. The smallest absolute Gasteiger partial charge is 0.338 e. The molecule has 7 heteroatoms. The Morgan fingerprint density at radius 3 is 2.54 bits per heavy atom. The average Bonchev–Trinajstić information content (AvgIpc) is 2.63. The monoisotopic (exact) mass is 370 g/mol. The summed E-state index contributed by atoms with van der Waals surface area (Å²) in [7, 11) is 0. The van der Waals surface area contributed by atoms with Gasteiger partial charge in [0.1, 0.15) is 0 Å². The van der Waals surface area contributed by atoms with Gasteiger partial charge in [-0.05, 0) is 56.3 Å². The first-order chi connectivity index (χ1) is 12.5. The van der Waals surface area contributed by atoms with E-state index in [0.29, 0.717) is 29.1 Å². The van der Waals surface area contributed by atoms with Crippen molar-refractivity contribution in [3.8, 4) is 0 Å². The van der Waals surface area contributed by atoms with E-state index < -0.39 is 5.97 Å². The molecular weight excluding hydrogens is 352 g/mol. The maximum atomic E-state index is 12.4. The summed E-state index contributed by atoms with van der Waals surface area (Å²) in [5, 5.41) is 5.43. The van der Waals surface area contributed by atoms with E-state index in [-0.39, 0.29) is 17.1 Å². The summed E-state index contributed by atoms with van der Waals surface area (Å²) in [5.74, 6) is -0.772. The van der Waals surface area contributed by atoms with Gasteiger partial charge in [-0.1, -0.05) is 0 Å². The predicted molar refractivity (Wildman–Crippen MR) is 101 cm³/mol. The van der Waals surface area contributed by atoms with E-state index in [4.69, 9.17) is 4.74 Å². The van der Waals surface area contributed by atoms with Crippen LogP contribution in [0.15, 0.2) is 47.4 Å². The molecule has 0 saturated carbocycles. The van der Waals surface area contributed by atoms with Gasteiger partial charge in [0.15, 0.2) is 0 Å². The second-order valence-electron chi connectivity index (χ2n) is 5.71. The molecule has 2 aromatic carbocycles. The molecule has 0 radical (unpaired) electrons. The van der Waals surface area contributed by atoms with Crippen LogP contribution in [-0.2, 0) is 9.53 Å². The van der Waals surface area contributed by atoms with Crippen molar-refractivity contribution in [2.45, 2.75) is 24.0 Å². The lowest BCUT2D eigenvalue weighted by atomic mass is 10.1. The maximum Gasteiger partial charge on any atom is 0.338 e. The van der Waals surface area contributed by atoms with E-state index in [9.17, 15) is 14.4 Å². The van der Waals surface area contributed by atoms with Gasteiger partial charge in [-0.15, -0.1) is 11.8 Å². The van der Waals surface area contributed by atoms with Crippen LogP contribution >= 0.6 is 11.8 Å². The molecule has 0 aliphatic carbocycles. The molecule has 1 heterocycles. The van der Waals surface area contributed by atoms with Crippen LogP contribution in [0.3, 0.4) is 0 Å². The fourth-order valence-electron chi connectivity index (χ4n) is 2.46. The molecule has 1 aliphatic heterocycles. The molecule has 1 unspecified atom stereocenters. The maximum absolute atomic E-state index is 12.4. The van der Waals surface area contributed by atoms with Gasteiger partial charge >= 0.3 is 5.97 Å². The van der Waals surface area contributed by atoms with E-state index in [1.807, 2.05) is 13.0 Å². The molecule has 3 rings (SSSR count). The number of carbonyl (C=O) groups is 3. The second-order valence-corrected chi connectivity index (χ2v) is 7.09. The molecule has 1 atom stereocenters. The van der Waals surface area contributed by atoms with Gasteiger partial charge in [0.05, 0.1) is 23.1 Å². The Morgan fingerprint density at radius 2 is 1.85 bits per heavy atom. The van der Waals surface area contributed by atoms with Gasteiger partial charge in [0.2, 0.25) is 5.91 Å². The van der Waals surface area contributed by atoms with Gasteiger partial charge < -0.3 is 15.4 Å². The van der Waals surface area contributed by atoms with Crippen LogP contribution in [0, 0.1) is 0 Å². The molecule has 0 fully saturated rings. The van der Waals surface area contributed by atoms with Crippen molar-refractivity contribution in [3.05, 3.63) is 53.6 Å². The van der Waals surface area contributed by atoms with Gasteiger partial charge in [0.25, 0.3) is 5.91 Å². The quantitative estimate of drug-likeness (QED) is 0.804. The number of anilines is 2. The van der Waals surface area contributed by atoms with Crippen molar-refractivity contribution in [2.24, 2.45) is 0 Å². The highest BCUT2D eigenvalue weighted by Gasteiger charge is 2.23. The summed E-state index contributed by atoms with van der Waals surface area (Å²) >= 11 is 1.47. The highest BCUT2D eigenvalue weighted by atomic mass is 32.2. The Labute approximate surface area is 155 Å². The largest absolute Gasteiger partial charge is 0.462 e. The summed E-state index contributed by atoms with van der Waals surface area (Å²) in [6.45, 7) is 3.89. The molecular formula is C19H18N2O4S. The van der Waals surface area contributed by atoms with Crippen LogP contribution in [-0.4, -0.2) is 29.6 Å². The van der Waals surface area contributed by atoms with E-state index in [1.54, 1.807) is 43.3 Å². The summed E-state index contributed by atoms with van der Waals surface area (Å²) in [5.41, 5.74) is 2.07. The number of thioether (sulfide) groups is 1. The standard InChI is InChI=1S/C19H18N2O4S/c1-3-25-19(24)12-4-7-14(8-5-12)20-18(23)13-6-9-16-15(10-13)21-17(22)11(2)26-16/h4-11H,3H2,1-2H3,(H,20,23)(H,21,22). The minimum Gasteiger partial charge on any atom is -0.462 e. The number of fused-ring (bicyclic) bond motifs is 1. The number of benzene rings is 2. The number of rotatable bonds is 4. The van der Waals surface area contributed by atoms with Crippen LogP contribution < -0.4 is 10.6 Å². The Hall–Kier alpha value is -2.80. The van der Waals surface area contributed by atoms with E-state index in [1.165, 1.54) is 11.8 Å². The lowest BCUT2D eigenvalue weighted by molar-refractivity contribution is -0.115. The lowest BCUT2D eigenvalue weighted by Crippen LogP contribution is -2.26. The first-order valence-corrected chi connectivity index (χ1v) is 9.06. The number of hydrogen-bond donors (Lipinski definition) is 2. The summed E-state index contributed by atoms with van der Waals surface area (Å²) in [6.07, 6.45) is 0. The van der Waals surface area contributed by atoms with E-state index in [2.05, 4.69) is 10.6 Å². The van der Waals surface area contributed by atoms with Gasteiger partial charge in [-0.3, -0.25) is 9.59 Å². The molecule has 0 saturated heterocycles. The fourth-order valence-corrected chi connectivity index (χ4v) is 3.39. The molecule has 2 N–H and O–H groups in total. The zero-order chi connectivity index (χ0) is 18.7. The third kappa shape index (κ3) is 3.88. The minimum atomic E-state index is -0.400. The first kappa shape index (κ1) is 18.0.